The average molecular weight is 150 g/mol. The van der Waals surface area contributed by atoms with Gasteiger partial charge in [-0.2, -0.15) is 0 Å². The first-order valence-corrected chi connectivity index (χ1v) is 3.79. The van der Waals surface area contributed by atoms with Crippen LogP contribution in [0.5, 0.6) is 0 Å². The fourth-order valence-electron chi connectivity index (χ4n) is 1.04. The van der Waals surface area contributed by atoms with Gasteiger partial charge in [0.05, 0.1) is 0 Å². The summed E-state index contributed by atoms with van der Waals surface area (Å²) in [6.07, 6.45) is 0. The highest BCUT2D eigenvalue weighted by Gasteiger charge is 1.89. The van der Waals surface area contributed by atoms with Gasteiger partial charge in [0.2, 0.25) is 0 Å². The Labute approximate surface area is 67.4 Å². The summed E-state index contributed by atoms with van der Waals surface area (Å²) in [5, 5.41) is 3.07. The maximum absolute atomic E-state index is 5.30. The molecule has 0 aliphatic rings. The van der Waals surface area contributed by atoms with E-state index in [2.05, 4.69) is 36.5 Å². The Kier molecular flexibility index (Phi) is 3.08. The number of rotatable bonds is 3. The Morgan fingerprint density at radius 3 is 2.91 bits per heavy atom. The second kappa shape index (κ2) is 4.11. The quantitative estimate of drug-likeness (QED) is 0.631. The lowest BCUT2D eigenvalue weighted by Crippen LogP contribution is -2.21. The summed E-state index contributed by atoms with van der Waals surface area (Å²) in [4.78, 5) is 0. The van der Waals surface area contributed by atoms with Crippen molar-refractivity contribution in [1.82, 2.24) is 5.32 Å². The first-order chi connectivity index (χ1) is 5.33. The smallest absolute Gasteiger partial charge is 0.0431 e. The van der Waals surface area contributed by atoms with E-state index >= 15 is 0 Å². The molecule has 11 heavy (non-hydrogen) atoms. The van der Waals surface area contributed by atoms with Crippen LogP contribution in [0.2, 0.25) is 0 Å². The van der Waals surface area contributed by atoms with Crippen LogP contribution in [0.3, 0.4) is 0 Å². The molecule has 0 spiro atoms. The molecule has 0 atom stereocenters. The van der Waals surface area contributed by atoms with Gasteiger partial charge in [-0.25, -0.2) is 0 Å². The molecule has 1 aromatic carbocycles. The molecule has 1 rings (SSSR count). The maximum Gasteiger partial charge on any atom is 0.0431 e. The molecule has 0 saturated heterocycles. The van der Waals surface area contributed by atoms with E-state index in [-0.39, 0.29) is 0 Å². The Bertz CT molecular complexity index is 221. The molecule has 0 amide bonds. The third kappa shape index (κ3) is 2.70. The molecule has 2 nitrogen and oxygen atoms in total. The third-order valence-electron chi connectivity index (χ3n) is 1.56. The van der Waals surface area contributed by atoms with Gasteiger partial charge < -0.3 is 11.1 Å². The Hall–Kier alpha value is -0.860. The van der Waals surface area contributed by atoms with Crippen LogP contribution in [-0.2, 0) is 6.54 Å². The van der Waals surface area contributed by atoms with Gasteiger partial charge >= 0.3 is 0 Å². The van der Waals surface area contributed by atoms with Gasteiger partial charge in [0, 0.05) is 13.2 Å². The van der Waals surface area contributed by atoms with Crippen LogP contribution in [-0.4, -0.2) is 6.67 Å². The Balaban J connectivity index is 2.56. The number of nitrogens with two attached hydrogens (primary N) is 1. The molecule has 0 aliphatic heterocycles. The zero-order valence-corrected chi connectivity index (χ0v) is 6.80. The highest BCUT2D eigenvalue weighted by Crippen LogP contribution is 2.02. The molecule has 0 bridgehead atoms. The first kappa shape index (κ1) is 8.24. The minimum atomic E-state index is 0.536. The summed E-state index contributed by atoms with van der Waals surface area (Å²) in [6.45, 7) is 3.48. The summed E-state index contributed by atoms with van der Waals surface area (Å²) in [5.74, 6) is 0. The fraction of sp³-hybridized carbons (Fsp3) is 0.333. The van der Waals surface area contributed by atoms with Crippen LogP contribution in [0, 0.1) is 6.92 Å². The highest BCUT2D eigenvalue weighted by molar-refractivity contribution is 5.21. The monoisotopic (exact) mass is 150 g/mol. The molecule has 1 aromatic rings. The van der Waals surface area contributed by atoms with Crippen molar-refractivity contribution in [3.63, 3.8) is 0 Å². The van der Waals surface area contributed by atoms with Crippen molar-refractivity contribution in [2.75, 3.05) is 6.67 Å². The molecular formula is C9H14N2. The Morgan fingerprint density at radius 2 is 2.27 bits per heavy atom. The number of nitrogens with one attached hydrogen (secondary N) is 1. The van der Waals surface area contributed by atoms with Crippen molar-refractivity contribution < 1.29 is 0 Å². The van der Waals surface area contributed by atoms with E-state index in [1.54, 1.807) is 0 Å². The van der Waals surface area contributed by atoms with Crippen molar-refractivity contribution in [3.8, 4) is 0 Å². The largest absolute Gasteiger partial charge is 0.318 e. The van der Waals surface area contributed by atoms with E-state index in [1.807, 2.05) is 0 Å². The lowest BCUT2D eigenvalue weighted by molar-refractivity contribution is 0.708. The zero-order valence-electron chi connectivity index (χ0n) is 6.80. The fourth-order valence-corrected chi connectivity index (χ4v) is 1.04. The minimum Gasteiger partial charge on any atom is -0.318 e. The molecule has 0 unspecified atom stereocenters. The van der Waals surface area contributed by atoms with E-state index in [4.69, 9.17) is 5.73 Å². The summed E-state index contributed by atoms with van der Waals surface area (Å²) < 4.78 is 0. The third-order valence-corrected chi connectivity index (χ3v) is 1.56. The van der Waals surface area contributed by atoms with Crippen molar-refractivity contribution in [2.45, 2.75) is 13.5 Å². The number of aryl methyl sites for hydroxylation is 1. The molecule has 2 heteroatoms. The van der Waals surface area contributed by atoms with Gasteiger partial charge in [0.1, 0.15) is 0 Å². The lowest BCUT2D eigenvalue weighted by atomic mass is 10.1. The summed E-state index contributed by atoms with van der Waals surface area (Å²) in [6, 6.07) is 8.40. The van der Waals surface area contributed by atoms with Crippen LogP contribution < -0.4 is 11.1 Å². The zero-order chi connectivity index (χ0) is 8.10. The van der Waals surface area contributed by atoms with Crippen LogP contribution in [0.25, 0.3) is 0 Å². The predicted octanol–water partition coefficient (Wildman–Crippen LogP) is 1.00. The van der Waals surface area contributed by atoms with Gasteiger partial charge in [0.25, 0.3) is 0 Å². The van der Waals surface area contributed by atoms with Gasteiger partial charge in [-0.15, -0.1) is 0 Å². The van der Waals surface area contributed by atoms with Crippen molar-refractivity contribution in [2.24, 2.45) is 5.73 Å². The molecule has 0 saturated carbocycles. The van der Waals surface area contributed by atoms with Crippen LogP contribution in [0.1, 0.15) is 11.1 Å². The molecule has 0 aliphatic carbocycles. The Morgan fingerprint density at radius 1 is 1.45 bits per heavy atom. The van der Waals surface area contributed by atoms with E-state index in [0.29, 0.717) is 6.67 Å². The van der Waals surface area contributed by atoms with E-state index in [0.717, 1.165) is 6.54 Å². The SMILES string of the molecule is Cc1cccc(CNCN)c1. The van der Waals surface area contributed by atoms with Gasteiger partial charge in [-0.3, -0.25) is 0 Å². The molecule has 60 valence electrons. The topological polar surface area (TPSA) is 38.0 Å². The first-order valence-electron chi connectivity index (χ1n) is 3.79. The van der Waals surface area contributed by atoms with Crippen molar-refractivity contribution in [1.29, 1.82) is 0 Å². The number of benzene rings is 1. The molecule has 0 aromatic heterocycles. The second-order valence-electron chi connectivity index (χ2n) is 2.62. The molecule has 3 N–H and O–H groups in total. The predicted molar refractivity (Wildman–Crippen MR) is 47.1 cm³/mol. The van der Waals surface area contributed by atoms with Crippen molar-refractivity contribution >= 4 is 0 Å². The second-order valence-corrected chi connectivity index (χ2v) is 2.62. The number of hydrogen-bond acceptors (Lipinski definition) is 2. The average Bonchev–Trinajstić information content (AvgIpc) is 2.01. The summed E-state index contributed by atoms with van der Waals surface area (Å²) >= 11 is 0. The van der Waals surface area contributed by atoms with E-state index in [1.165, 1.54) is 11.1 Å². The number of hydrogen-bond donors (Lipinski definition) is 2. The van der Waals surface area contributed by atoms with Gasteiger partial charge in [-0.1, -0.05) is 29.8 Å². The normalized spacial score (nSPS) is 10.0. The van der Waals surface area contributed by atoms with Crippen LogP contribution >= 0.6 is 0 Å². The maximum atomic E-state index is 5.30. The van der Waals surface area contributed by atoms with Crippen LogP contribution in [0.15, 0.2) is 24.3 Å². The summed E-state index contributed by atoms with van der Waals surface area (Å²) in [7, 11) is 0. The molecule has 0 fully saturated rings. The van der Waals surface area contributed by atoms with Crippen LogP contribution in [0.4, 0.5) is 0 Å². The van der Waals surface area contributed by atoms with E-state index in [9.17, 15) is 0 Å². The lowest BCUT2D eigenvalue weighted by Gasteiger charge is -2.01. The van der Waals surface area contributed by atoms with E-state index < -0.39 is 0 Å². The molecule has 0 heterocycles. The molecular weight excluding hydrogens is 136 g/mol. The van der Waals surface area contributed by atoms with Gasteiger partial charge in [-0.05, 0) is 12.5 Å². The minimum absolute atomic E-state index is 0.536. The van der Waals surface area contributed by atoms with Gasteiger partial charge in [0.15, 0.2) is 0 Å². The standard InChI is InChI=1S/C9H14N2/c1-8-3-2-4-9(5-8)6-11-7-10/h2-5,11H,6-7,10H2,1H3. The van der Waals surface area contributed by atoms with Crippen molar-refractivity contribution in [3.05, 3.63) is 35.4 Å². The highest BCUT2D eigenvalue weighted by atomic mass is 14.9. The molecule has 0 radical (unpaired) electrons. The summed E-state index contributed by atoms with van der Waals surface area (Å²) in [5.41, 5.74) is 7.88.